The molecule has 0 atom stereocenters. The lowest BCUT2D eigenvalue weighted by Crippen LogP contribution is -2.10. The molecule has 0 aliphatic heterocycles. The molecule has 1 aliphatic rings. The summed E-state index contributed by atoms with van der Waals surface area (Å²) in [6.07, 6.45) is 1.67. The minimum Gasteiger partial charge on any atom is -0.495 e. The lowest BCUT2D eigenvalue weighted by Gasteiger charge is -2.19. The van der Waals surface area contributed by atoms with Gasteiger partial charge >= 0.3 is 0 Å². The molecular weight excluding hydrogens is 256 g/mol. The molecule has 2 nitrogen and oxygen atoms in total. The van der Waals surface area contributed by atoms with Crippen LogP contribution in [0.2, 0.25) is 0 Å². The average Bonchev–Trinajstić information content (AvgIpc) is 2.90. The zero-order chi connectivity index (χ0) is 11.2. The number of aliphatic hydroxyl groups is 1. The highest BCUT2D eigenvalue weighted by molar-refractivity contribution is 9.10. The van der Waals surface area contributed by atoms with E-state index in [1.54, 1.807) is 7.11 Å². The second-order valence-corrected chi connectivity index (χ2v) is 5.09. The fourth-order valence-electron chi connectivity index (χ4n) is 1.98. The molecule has 1 saturated carbocycles. The van der Waals surface area contributed by atoms with Crippen LogP contribution in [0.4, 0.5) is 0 Å². The van der Waals surface area contributed by atoms with E-state index in [1.807, 2.05) is 13.0 Å². The Morgan fingerprint density at radius 3 is 2.47 bits per heavy atom. The number of aryl methyl sites for hydroxylation is 1. The van der Waals surface area contributed by atoms with Gasteiger partial charge in [0.1, 0.15) is 5.75 Å². The van der Waals surface area contributed by atoms with Crippen LogP contribution in [0, 0.1) is 13.8 Å². The van der Waals surface area contributed by atoms with Gasteiger partial charge in [-0.15, -0.1) is 0 Å². The molecular formula is C12H15BrO2. The average molecular weight is 271 g/mol. The molecule has 82 valence electrons. The van der Waals surface area contributed by atoms with Gasteiger partial charge in [-0.05, 0) is 59.8 Å². The van der Waals surface area contributed by atoms with Crippen molar-refractivity contribution in [2.45, 2.75) is 32.3 Å². The zero-order valence-corrected chi connectivity index (χ0v) is 10.8. The van der Waals surface area contributed by atoms with Gasteiger partial charge in [0.2, 0.25) is 0 Å². The van der Waals surface area contributed by atoms with Crippen molar-refractivity contribution in [3.63, 3.8) is 0 Å². The maximum absolute atomic E-state index is 10.2. The number of hydrogen-bond acceptors (Lipinski definition) is 2. The molecule has 1 fully saturated rings. The van der Waals surface area contributed by atoms with Gasteiger partial charge in [0.25, 0.3) is 0 Å². The van der Waals surface area contributed by atoms with Gasteiger partial charge in [-0.1, -0.05) is 0 Å². The second-order valence-electron chi connectivity index (χ2n) is 4.24. The van der Waals surface area contributed by atoms with Crippen LogP contribution in [0.1, 0.15) is 29.5 Å². The summed E-state index contributed by atoms with van der Waals surface area (Å²) in [5, 5.41) is 10.2. The van der Waals surface area contributed by atoms with E-state index in [4.69, 9.17) is 4.74 Å². The van der Waals surface area contributed by atoms with Crippen molar-refractivity contribution < 1.29 is 9.84 Å². The van der Waals surface area contributed by atoms with E-state index in [2.05, 4.69) is 22.9 Å². The first-order valence-corrected chi connectivity index (χ1v) is 5.85. The summed E-state index contributed by atoms with van der Waals surface area (Å²) in [6.45, 7) is 4.09. The molecule has 0 amide bonds. The van der Waals surface area contributed by atoms with E-state index in [0.29, 0.717) is 0 Å². The quantitative estimate of drug-likeness (QED) is 0.895. The van der Waals surface area contributed by atoms with E-state index in [1.165, 1.54) is 5.56 Å². The third-order valence-electron chi connectivity index (χ3n) is 3.15. The fraction of sp³-hybridized carbons (Fsp3) is 0.500. The second kappa shape index (κ2) is 3.49. The number of methoxy groups -OCH3 is 1. The molecule has 0 bridgehead atoms. The molecule has 1 aliphatic carbocycles. The molecule has 0 aromatic heterocycles. The lowest BCUT2D eigenvalue weighted by molar-refractivity contribution is 0.146. The van der Waals surface area contributed by atoms with Crippen LogP contribution >= 0.6 is 15.9 Å². The summed E-state index contributed by atoms with van der Waals surface area (Å²) >= 11 is 3.48. The Labute approximate surface area is 98.4 Å². The van der Waals surface area contributed by atoms with Crippen LogP contribution in [0.5, 0.6) is 5.75 Å². The molecule has 1 aromatic carbocycles. The molecule has 15 heavy (non-hydrogen) atoms. The first-order chi connectivity index (χ1) is 6.99. The first kappa shape index (κ1) is 11.0. The third-order valence-corrected chi connectivity index (χ3v) is 3.74. The number of hydrogen-bond donors (Lipinski definition) is 1. The maximum Gasteiger partial charge on any atom is 0.139 e. The SMILES string of the molecule is COc1c(Br)cc(C)c(C)c1C1(O)CC1. The van der Waals surface area contributed by atoms with Crippen LogP contribution in [0.25, 0.3) is 0 Å². The maximum atomic E-state index is 10.2. The molecule has 1 N–H and O–H groups in total. The van der Waals surface area contributed by atoms with E-state index in [-0.39, 0.29) is 0 Å². The highest BCUT2D eigenvalue weighted by atomic mass is 79.9. The van der Waals surface area contributed by atoms with Gasteiger partial charge in [0, 0.05) is 5.56 Å². The van der Waals surface area contributed by atoms with Gasteiger partial charge in [0.15, 0.2) is 0 Å². The third kappa shape index (κ3) is 1.68. The molecule has 2 rings (SSSR count). The Bertz CT molecular complexity index is 409. The first-order valence-electron chi connectivity index (χ1n) is 5.06. The highest BCUT2D eigenvalue weighted by Gasteiger charge is 2.46. The summed E-state index contributed by atoms with van der Waals surface area (Å²) in [4.78, 5) is 0. The topological polar surface area (TPSA) is 29.5 Å². The predicted octanol–water partition coefficient (Wildman–Crippen LogP) is 3.06. The van der Waals surface area contributed by atoms with Crippen molar-refractivity contribution in [3.05, 3.63) is 27.2 Å². The Hall–Kier alpha value is -0.540. The van der Waals surface area contributed by atoms with Crippen LogP contribution in [0.15, 0.2) is 10.5 Å². The van der Waals surface area contributed by atoms with E-state index in [0.717, 1.165) is 34.2 Å². The predicted molar refractivity (Wildman–Crippen MR) is 63.3 cm³/mol. The molecule has 0 radical (unpaired) electrons. The fourth-order valence-corrected chi connectivity index (χ4v) is 2.68. The smallest absolute Gasteiger partial charge is 0.139 e. The van der Waals surface area contributed by atoms with Crippen molar-refractivity contribution in [2.24, 2.45) is 0 Å². The Balaban J connectivity index is 2.68. The summed E-state index contributed by atoms with van der Waals surface area (Å²) in [5.74, 6) is 0.776. The van der Waals surface area contributed by atoms with Crippen LogP contribution in [-0.2, 0) is 5.60 Å². The van der Waals surface area contributed by atoms with Gasteiger partial charge in [0.05, 0.1) is 17.2 Å². The van der Waals surface area contributed by atoms with E-state index in [9.17, 15) is 5.11 Å². The number of ether oxygens (including phenoxy) is 1. The summed E-state index contributed by atoms with van der Waals surface area (Å²) in [7, 11) is 1.64. The highest BCUT2D eigenvalue weighted by Crippen LogP contribution is 2.52. The minimum absolute atomic E-state index is 0.649. The molecule has 1 aromatic rings. The van der Waals surface area contributed by atoms with Gasteiger partial charge < -0.3 is 9.84 Å². The summed E-state index contributed by atoms with van der Waals surface area (Å²) in [6, 6.07) is 2.03. The largest absolute Gasteiger partial charge is 0.495 e. The molecule has 0 saturated heterocycles. The Morgan fingerprint density at radius 2 is 2.00 bits per heavy atom. The normalized spacial score (nSPS) is 17.7. The minimum atomic E-state index is -0.649. The molecule has 0 spiro atoms. The van der Waals surface area contributed by atoms with Gasteiger partial charge in [-0.25, -0.2) is 0 Å². The lowest BCUT2D eigenvalue weighted by atomic mass is 9.96. The van der Waals surface area contributed by atoms with Crippen molar-refractivity contribution >= 4 is 15.9 Å². The summed E-state index contributed by atoms with van der Waals surface area (Å²) < 4.78 is 6.29. The van der Waals surface area contributed by atoms with Gasteiger partial charge in [-0.3, -0.25) is 0 Å². The molecule has 0 unspecified atom stereocenters. The van der Waals surface area contributed by atoms with Crippen LogP contribution < -0.4 is 4.74 Å². The van der Waals surface area contributed by atoms with Crippen LogP contribution in [-0.4, -0.2) is 12.2 Å². The van der Waals surface area contributed by atoms with Crippen molar-refractivity contribution in [1.29, 1.82) is 0 Å². The Morgan fingerprint density at radius 1 is 1.40 bits per heavy atom. The Kier molecular flexibility index (Phi) is 2.55. The standard InChI is InChI=1S/C12H15BrO2/c1-7-6-9(13)11(15-3)10(8(7)2)12(14)4-5-12/h6,14H,4-5H2,1-3H3. The molecule has 0 heterocycles. The van der Waals surface area contributed by atoms with Crippen molar-refractivity contribution in [1.82, 2.24) is 0 Å². The van der Waals surface area contributed by atoms with Crippen molar-refractivity contribution in [3.8, 4) is 5.75 Å². The monoisotopic (exact) mass is 270 g/mol. The molecule has 3 heteroatoms. The van der Waals surface area contributed by atoms with Crippen LogP contribution in [0.3, 0.4) is 0 Å². The number of rotatable bonds is 2. The van der Waals surface area contributed by atoms with E-state index >= 15 is 0 Å². The summed E-state index contributed by atoms with van der Waals surface area (Å²) in [5.41, 5.74) is 2.62. The zero-order valence-electron chi connectivity index (χ0n) is 9.22. The van der Waals surface area contributed by atoms with E-state index < -0.39 is 5.60 Å². The van der Waals surface area contributed by atoms with Gasteiger partial charge in [-0.2, -0.15) is 0 Å². The number of benzene rings is 1. The van der Waals surface area contributed by atoms with Crippen molar-refractivity contribution in [2.75, 3.05) is 7.11 Å². The number of halogens is 1.